The van der Waals surface area contributed by atoms with Crippen LogP contribution in [0.3, 0.4) is 0 Å². The average molecular weight is 414 g/mol. The molecule has 0 amide bonds. The molecule has 0 spiro atoms. The van der Waals surface area contributed by atoms with Gasteiger partial charge in [0, 0.05) is 0 Å². The van der Waals surface area contributed by atoms with Crippen molar-refractivity contribution in [1.29, 1.82) is 0 Å². The van der Waals surface area contributed by atoms with Crippen LogP contribution in [0.1, 0.15) is 116 Å². The molecule has 0 N–H and O–H groups in total. The van der Waals surface area contributed by atoms with Gasteiger partial charge in [-0.15, -0.1) is 33.2 Å². The van der Waals surface area contributed by atoms with Gasteiger partial charge in [-0.1, -0.05) is 115 Å². The average Bonchev–Trinajstić information content (AvgIpc) is 2.52. The van der Waals surface area contributed by atoms with Crippen molar-refractivity contribution in [3.63, 3.8) is 0 Å². The van der Waals surface area contributed by atoms with Gasteiger partial charge in [-0.05, 0) is 12.8 Å². The Morgan fingerprint density at radius 2 is 0.875 bits per heavy atom. The number of hydrogen-bond donors (Lipinski definition) is 0. The number of hydrogen-bond acceptors (Lipinski definition) is 0. The Morgan fingerprint density at radius 1 is 0.542 bits per heavy atom. The molecule has 0 heterocycles. The Morgan fingerprint density at radius 3 is 1.21 bits per heavy atom. The fourth-order valence-electron chi connectivity index (χ4n) is 3.03. The van der Waals surface area contributed by atoms with Crippen LogP contribution in [0.4, 0.5) is 0 Å². The zero-order valence-corrected chi connectivity index (χ0v) is 19.1. The van der Waals surface area contributed by atoms with Crippen molar-refractivity contribution in [2.75, 3.05) is 0 Å². The molecule has 0 aromatic heterocycles. The summed E-state index contributed by atoms with van der Waals surface area (Å²) in [5.41, 5.74) is 1.79. The molecule has 0 aliphatic heterocycles. The Balaban J connectivity index is 3.07. The molecule has 0 unspecified atom stereocenters. The van der Waals surface area contributed by atoms with Crippen molar-refractivity contribution >= 4 is 39.2 Å². The maximum atomic E-state index is 5.79. The zero-order chi connectivity index (χ0) is 17.9. The molecule has 0 bridgehead atoms. The second kappa shape index (κ2) is 18.6. The molecular weight excluding hydrogens is 375 g/mol. The molecule has 0 aliphatic rings. The van der Waals surface area contributed by atoms with E-state index in [-0.39, 0.29) is 0 Å². The van der Waals surface area contributed by atoms with Gasteiger partial charge in [-0.25, -0.2) is 0 Å². The SMILES string of the molecule is CCCCCCCCCCCCCCCCCCC=C[Si](Cl)(Cl)Cl. The van der Waals surface area contributed by atoms with Crippen LogP contribution in [-0.2, 0) is 0 Å². The van der Waals surface area contributed by atoms with E-state index in [2.05, 4.69) is 6.92 Å². The maximum absolute atomic E-state index is 5.79. The maximum Gasteiger partial charge on any atom is 0.365 e. The van der Waals surface area contributed by atoms with Gasteiger partial charge in [0.2, 0.25) is 0 Å². The summed E-state index contributed by atoms with van der Waals surface area (Å²) in [5.74, 6) is 0. The first-order valence-electron chi connectivity index (χ1n) is 10.3. The fraction of sp³-hybridized carbons (Fsp3) is 0.900. The normalized spacial score (nSPS) is 12.3. The molecule has 0 aromatic carbocycles. The van der Waals surface area contributed by atoms with Gasteiger partial charge in [-0.2, -0.15) is 0 Å². The summed E-state index contributed by atoms with van der Waals surface area (Å²) < 4.78 is 0. The van der Waals surface area contributed by atoms with Gasteiger partial charge in [0.1, 0.15) is 0 Å². The molecular formula is C20H39Cl3Si. The highest BCUT2D eigenvalue weighted by Gasteiger charge is 2.19. The molecule has 0 rings (SSSR count). The summed E-state index contributed by atoms with van der Waals surface area (Å²) in [7, 11) is 0. The standard InChI is InChI=1S/C20H39Cl3Si/c1-2-3-4-5-6-7-8-9-10-11-12-13-14-15-16-17-18-19-20-24(21,22)23/h19-20H,2-18H2,1H3. The highest BCUT2D eigenvalue weighted by Crippen LogP contribution is 2.21. The third-order valence-corrected chi connectivity index (χ3v) is 6.28. The van der Waals surface area contributed by atoms with Crippen LogP contribution in [-0.4, -0.2) is 6.00 Å². The molecule has 4 heteroatoms. The van der Waals surface area contributed by atoms with Crippen LogP contribution in [0.2, 0.25) is 0 Å². The molecule has 0 fully saturated rings. The summed E-state index contributed by atoms with van der Waals surface area (Å²) in [5, 5.41) is 0. The largest absolute Gasteiger partial charge is 0.365 e. The van der Waals surface area contributed by atoms with Gasteiger partial charge in [0.25, 0.3) is 0 Å². The topological polar surface area (TPSA) is 0 Å². The Kier molecular flexibility index (Phi) is 19.3. The first-order valence-corrected chi connectivity index (χ1v) is 15.4. The number of halogens is 3. The van der Waals surface area contributed by atoms with E-state index in [9.17, 15) is 0 Å². The number of unbranched alkanes of at least 4 members (excludes halogenated alkanes) is 16. The summed E-state index contributed by atoms with van der Waals surface area (Å²) >= 11 is 17.4. The molecule has 24 heavy (non-hydrogen) atoms. The highest BCUT2D eigenvalue weighted by atomic mass is 35.8. The van der Waals surface area contributed by atoms with E-state index in [1.807, 2.05) is 6.08 Å². The lowest BCUT2D eigenvalue weighted by molar-refractivity contribution is 0.530. The van der Waals surface area contributed by atoms with E-state index in [1.54, 1.807) is 5.70 Å². The predicted octanol–water partition coefficient (Wildman–Crippen LogP) is 9.39. The third kappa shape index (κ3) is 22.8. The van der Waals surface area contributed by atoms with E-state index in [4.69, 9.17) is 33.2 Å². The second-order valence-corrected chi connectivity index (χ2v) is 15.6. The molecule has 0 saturated heterocycles. The minimum Gasteiger partial charge on any atom is -0.121 e. The van der Waals surface area contributed by atoms with E-state index in [0.29, 0.717) is 0 Å². The summed E-state index contributed by atoms with van der Waals surface area (Å²) in [6.07, 6.45) is 25.6. The summed E-state index contributed by atoms with van der Waals surface area (Å²) in [4.78, 5) is 0. The fourth-order valence-corrected chi connectivity index (χ4v) is 4.26. The van der Waals surface area contributed by atoms with Crippen molar-refractivity contribution in [3.05, 3.63) is 11.8 Å². The van der Waals surface area contributed by atoms with Crippen molar-refractivity contribution in [2.45, 2.75) is 116 Å². The molecule has 0 nitrogen and oxygen atoms in total. The Bertz CT molecular complexity index is 275. The quantitative estimate of drug-likeness (QED) is 0.119. The minimum atomic E-state index is -2.53. The van der Waals surface area contributed by atoms with Crippen LogP contribution < -0.4 is 0 Å². The molecule has 0 atom stereocenters. The molecule has 0 aromatic rings. The molecule has 0 saturated carbocycles. The van der Waals surface area contributed by atoms with Crippen molar-refractivity contribution in [3.8, 4) is 0 Å². The van der Waals surface area contributed by atoms with Crippen LogP contribution in [0, 0.1) is 0 Å². The van der Waals surface area contributed by atoms with Gasteiger partial charge in [0.15, 0.2) is 0 Å². The van der Waals surface area contributed by atoms with Gasteiger partial charge < -0.3 is 0 Å². The van der Waals surface area contributed by atoms with Crippen molar-refractivity contribution in [2.24, 2.45) is 0 Å². The lowest BCUT2D eigenvalue weighted by atomic mass is 10.0. The van der Waals surface area contributed by atoms with Gasteiger partial charge in [-0.3, -0.25) is 0 Å². The second-order valence-electron chi connectivity index (χ2n) is 7.04. The van der Waals surface area contributed by atoms with E-state index < -0.39 is 6.00 Å². The van der Waals surface area contributed by atoms with E-state index in [1.165, 1.54) is 103 Å². The zero-order valence-electron chi connectivity index (χ0n) is 15.8. The van der Waals surface area contributed by atoms with Crippen molar-refractivity contribution < 1.29 is 0 Å². The Hall–Kier alpha value is 0.827. The lowest BCUT2D eigenvalue weighted by Crippen LogP contribution is -2.02. The Labute approximate surface area is 166 Å². The summed E-state index contributed by atoms with van der Waals surface area (Å²) in [6.45, 7) is 2.29. The molecule has 144 valence electrons. The van der Waals surface area contributed by atoms with E-state index >= 15 is 0 Å². The minimum absolute atomic E-state index is 1.05. The smallest absolute Gasteiger partial charge is 0.121 e. The van der Waals surface area contributed by atoms with Crippen LogP contribution in [0.5, 0.6) is 0 Å². The first-order chi connectivity index (χ1) is 11.6. The van der Waals surface area contributed by atoms with Gasteiger partial charge in [0.05, 0.1) is 0 Å². The molecule has 0 aliphatic carbocycles. The number of allylic oxidation sites excluding steroid dienone is 1. The number of rotatable bonds is 18. The lowest BCUT2D eigenvalue weighted by Gasteiger charge is -2.03. The monoisotopic (exact) mass is 412 g/mol. The van der Waals surface area contributed by atoms with Crippen LogP contribution in [0.15, 0.2) is 11.8 Å². The highest BCUT2D eigenvalue weighted by molar-refractivity contribution is 7.66. The van der Waals surface area contributed by atoms with Crippen LogP contribution in [0.25, 0.3) is 0 Å². The molecule has 0 radical (unpaired) electrons. The van der Waals surface area contributed by atoms with Gasteiger partial charge >= 0.3 is 6.00 Å². The predicted molar refractivity (Wildman–Crippen MR) is 117 cm³/mol. The summed E-state index contributed by atoms with van der Waals surface area (Å²) in [6, 6.07) is -2.53. The van der Waals surface area contributed by atoms with Crippen LogP contribution >= 0.6 is 33.2 Å². The third-order valence-electron chi connectivity index (χ3n) is 4.53. The van der Waals surface area contributed by atoms with E-state index in [0.717, 1.165) is 6.42 Å². The first kappa shape index (κ1) is 24.8. The van der Waals surface area contributed by atoms with Crippen molar-refractivity contribution in [1.82, 2.24) is 0 Å².